The van der Waals surface area contributed by atoms with E-state index in [1.165, 1.54) is 37.5 Å². The topological polar surface area (TPSA) is 123 Å². The van der Waals surface area contributed by atoms with Crippen LogP contribution in [0, 0.1) is 17.8 Å². The van der Waals surface area contributed by atoms with Gasteiger partial charge >= 0.3 is 5.97 Å². The number of amides is 2. The lowest BCUT2D eigenvalue weighted by Gasteiger charge is -2.57. The molecule has 4 aliphatic rings. The zero-order valence-corrected chi connectivity index (χ0v) is 21.5. The molecule has 3 N–H and O–H groups in total. The summed E-state index contributed by atoms with van der Waals surface area (Å²) in [5.41, 5.74) is 6.01. The molecule has 0 aromatic heterocycles. The van der Waals surface area contributed by atoms with Gasteiger partial charge in [0.2, 0.25) is 0 Å². The number of carbonyl (C=O) groups excluding carboxylic acids is 2. The highest BCUT2D eigenvalue weighted by atomic mass is 16.7. The van der Waals surface area contributed by atoms with Gasteiger partial charge in [-0.2, -0.15) is 0 Å². The predicted octanol–water partition coefficient (Wildman–Crippen LogP) is 3.93. The average molecular weight is 523 g/mol. The van der Waals surface area contributed by atoms with Gasteiger partial charge in [-0.05, 0) is 92.0 Å². The number of nitrogens with one attached hydrogen (secondary N) is 2. The maximum absolute atomic E-state index is 13.1. The fourth-order valence-electron chi connectivity index (χ4n) is 7.08. The lowest BCUT2D eigenvalue weighted by Crippen LogP contribution is -2.48. The summed E-state index contributed by atoms with van der Waals surface area (Å²) < 4.78 is 16.6. The van der Waals surface area contributed by atoms with Crippen molar-refractivity contribution in [2.45, 2.75) is 43.9 Å². The molecule has 6 rings (SSSR count). The Bertz CT molecular complexity index is 1180. The summed E-state index contributed by atoms with van der Waals surface area (Å²) >= 11 is 0. The molecule has 0 heterocycles. The van der Waals surface area contributed by atoms with Crippen LogP contribution in [0.4, 0.5) is 0 Å². The number of carbonyl (C=O) groups is 3. The number of carboxylic acid groups (broad SMARTS) is 1. The Morgan fingerprint density at radius 3 is 2.16 bits per heavy atom. The lowest BCUT2D eigenvalue weighted by atomic mass is 9.48. The van der Waals surface area contributed by atoms with Crippen LogP contribution >= 0.6 is 0 Å². The standard InChI is InChI=1S/C29H34N2O7/c1-36-8-9-37-17-38-25-7-6-21(13-24(25)29-14-18-10-19(15-29)12-20(11-18)16-29)26(32)30-31-27(33)22-4-2-3-5-23(22)28(34)35/h2-7,13,18-20H,8-12,14-17H2,1H3,(H,30,32)(H,31,33)(H,34,35). The van der Waals surface area contributed by atoms with Crippen LogP contribution in [0.25, 0.3) is 0 Å². The van der Waals surface area contributed by atoms with Crippen LogP contribution in [0.1, 0.15) is 75.2 Å². The van der Waals surface area contributed by atoms with E-state index in [0.717, 1.165) is 30.6 Å². The molecule has 4 aliphatic carbocycles. The molecule has 4 fully saturated rings. The van der Waals surface area contributed by atoms with Gasteiger partial charge in [-0.15, -0.1) is 0 Å². The Hall–Kier alpha value is -3.43. The Kier molecular flexibility index (Phi) is 7.67. The number of hydrogen-bond donors (Lipinski definition) is 3. The number of benzene rings is 2. The van der Waals surface area contributed by atoms with Crippen molar-refractivity contribution >= 4 is 17.8 Å². The van der Waals surface area contributed by atoms with Gasteiger partial charge in [0.25, 0.3) is 11.8 Å². The van der Waals surface area contributed by atoms with Crippen molar-refractivity contribution in [2.75, 3.05) is 27.1 Å². The Morgan fingerprint density at radius 1 is 0.895 bits per heavy atom. The summed E-state index contributed by atoms with van der Waals surface area (Å²) in [6.45, 7) is 0.995. The maximum Gasteiger partial charge on any atom is 0.336 e. The van der Waals surface area contributed by atoms with Gasteiger partial charge in [0.15, 0.2) is 6.79 Å². The number of aromatic carboxylic acids is 1. The van der Waals surface area contributed by atoms with Crippen LogP contribution in [0.3, 0.4) is 0 Å². The highest BCUT2D eigenvalue weighted by Gasteiger charge is 2.52. The molecule has 2 aromatic carbocycles. The number of ether oxygens (including phenoxy) is 3. The van der Waals surface area contributed by atoms with E-state index >= 15 is 0 Å². The largest absolute Gasteiger partial charge is 0.478 e. The Morgan fingerprint density at radius 2 is 1.53 bits per heavy atom. The molecule has 0 atom stereocenters. The van der Waals surface area contributed by atoms with E-state index in [1.807, 2.05) is 12.1 Å². The maximum atomic E-state index is 13.1. The number of hydrazine groups is 1. The van der Waals surface area contributed by atoms with Crippen LogP contribution in [-0.4, -0.2) is 50.0 Å². The summed E-state index contributed by atoms with van der Waals surface area (Å²) in [6.07, 6.45) is 7.15. The molecule has 2 amide bonds. The third kappa shape index (κ3) is 5.39. The minimum Gasteiger partial charge on any atom is -0.478 e. The van der Waals surface area contributed by atoms with E-state index < -0.39 is 17.8 Å². The molecule has 0 unspecified atom stereocenters. The van der Waals surface area contributed by atoms with E-state index in [0.29, 0.717) is 36.5 Å². The molecule has 9 nitrogen and oxygen atoms in total. The first-order valence-electron chi connectivity index (χ1n) is 13.2. The van der Waals surface area contributed by atoms with Crippen molar-refractivity contribution in [3.63, 3.8) is 0 Å². The third-order valence-electron chi connectivity index (χ3n) is 8.27. The van der Waals surface area contributed by atoms with E-state index in [9.17, 15) is 19.5 Å². The summed E-state index contributed by atoms with van der Waals surface area (Å²) in [7, 11) is 1.62. The quantitative estimate of drug-likeness (QED) is 0.245. The molecule has 0 saturated heterocycles. The average Bonchev–Trinajstić information content (AvgIpc) is 2.90. The first-order valence-corrected chi connectivity index (χ1v) is 13.2. The second-order valence-corrected chi connectivity index (χ2v) is 10.8. The van der Waals surface area contributed by atoms with Crippen molar-refractivity contribution < 1.29 is 33.7 Å². The second-order valence-electron chi connectivity index (χ2n) is 10.8. The summed E-state index contributed by atoms with van der Waals surface area (Å²) in [4.78, 5) is 37.2. The molecule has 38 heavy (non-hydrogen) atoms. The number of methoxy groups -OCH3 is 1. The molecule has 0 spiro atoms. The molecule has 4 saturated carbocycles. The number of carboxylic acids is 1. The second kappa shape index (κ2) is 11.1. The van der Waals surface area contributed by atoms with Gasteiger partial charge in [0.05, 0.1) is 24.3 Å². The van der Waals surface area contributed by atoms with Crippen molar-refractivity contribution in [3.8, 4) is 5.75 Å². The monoisotopic (exact) mass is 522 g/mol. The van der Waals surface area contributed by atoms with Crippen LogP contribution in [0.5, 0.6) is 5.75 Å². The Labute approximate surface area is 221 Å². The van der Waals surface area contributed by atoms with Crippen molar-refractivity contribution in [1.29, 1.82) is 0 Å². The third-order valence-corrected chi connectivity index (χ3v) is 8.27. The van der Waals surface area contributed by atoms with Crippen molar-refractivity contribution in [3.05, 3.63) is 64.7 Å². The molecular weight excluding hydrogens is 488 g/mol. The molecule has 9 heteroatoms. The number of rotatable bonds is 10. The molecule has 202 valence electrons. The predicted molar refractivity (Wildman–Crippen MR) is 138 cm³/mol. The highest BCUT2D eigenvalue weighted by molar-refractivity contribution is 6.05. The Balaban J connectivity index is 1.35. The van der Waals surface area contributed by atoms with Crippen LogP contribution < -0.4 is 15.6 Å². The van der Waals surface area contributed by atoms with Gasteiger partial charge in [0.1, 0.15) is 5.75 Å². The fourth-order valence-corrected chi connectivity index (χ4v) is 7.08. The summed E-state index contributed by atoms with van der Waals surface area (Å²) in [5.74, 6) is 0.435. The first kappa shape index (κ1) is 26.2. The minimum atomic E-state index is -1.22. The van der Waals surface area contributed by atoms with E-state index in [-0.39, 0.29) is 23.3 Å². The molecule has 0 aliphatic heterocycles. The smallest absolute Gasteiger partial charge is 0.336 e. The van der Waals surface area contributed by atoms with Crippen molar-refractivity contribution in [1.82, 2.24) is 10.9 Å². The van der Waals surface area contributed by atoms with E-state index in [4.69, 9.17) is 14.2 Å². The van der Waals surface area contributed by atoms with Gasteiger partial charge in [-0.25, -0.2) is 4.79 Å². The van der Waals surface area contributed by atoms with Gasteiger partial charge in [-0.1, -0.05) is 12.1 Å². The van der Waals surface area contributed by atoms with Crippen LogP contribution in [0.2, 0.25) is 0 Å². The zero-order chi connectivity index (χ0) is 26.7. The normalized spacial score (nSPS) is 25.1. The van der Waals surface area contributed by atoms with E-state index in [2.05, 4.69) is 10.9 Å². The zero-order valence-electron chi connectivity index (χ0n) is 21.5. The van der Waals surface area contributed by atoms with Gasteiger partial charge in [0, 0.05) is 18.2 Å². The van der Waals surface area contributed by atoms with Gasteiger partial charge in [-0.3, -0.25) is 20.4 Å². The molecular formula is C29H34N2O7. The number of hydrogen-bond acceptors (Lipinski definition) is 6. The van der Waals surface area contributed by atoms with Gasteiger partial charge < -0.3 is 19.3 Å². The molecule has 2 aromatic rings. The van der Waals surface area contributed by atoms with E-state index in [1.54, 1.807) is 19.2 Å². The summed E-state index contributed by atoms with van der Waals surface area (Å²) in [6, 6.07) is 11.2. The molecule has 4 bridgehead atoms. The SMILES string of the molecule is COCCOCOc1ccc(C(=O)NNC(=O)c2ccccc2C(=O)O)cc1C12CC3CC(CC(C3)C1)C2. The first-order chi connectivity index (χ1) is 18.4. The van der Waals surface area contributed by atoms with Crippen LogP contribution in [-0.2, 0) is 14.9 Å². The summed E-state index contributed by atoms with van der Waals surface area (Å²) in [5, 5.41) is 9.35. The fraction of sp³-hybridized carbons (Fsp3) is 0.483. The highest BCUT2D eigenvalue weighted by Crippen LogP contribution is 2.62. The minimum absolute atomic E-state index is 0.0312. The molecule has 0 radical (unpaired) electrons. The van der Waals surface area contributed by atoms with Crippen LogP contribution in [0.15, 0.2) is 42.5 Å². The lowest BCUT2D eigenvalue weighted by molar-refractivity contribution is -0.0189. The van der Waals surface area contributed by atoms with Crippen molar-refractivity contribution in [2.24, 2.45) is 17.8 Å².